The average molecular weight is 374 g/mol. The third-order valence-corrected chi connectivity index (χ3v) is 6.26. The SMILES string of the molecule is CC(CNS(=O)(=O)C(C)C)c1ccc(-c2ccc3[nH]c(=O)oc3c2)cc1. The molecule has 0 saturated carbocycles. The summed E-state index contributed by atoms with van der Waals surface area (Å²) >= 11 is 0. The van der Waals surface area contributed by atoms with E-state index in [4.69, 9.17) is 4.42 Å². The van der Waals surface area contributed by atoms with Crippen LogP contribution in [-0.2, 0) is 10.0 Å². The summed E-state index contributed by atoms with van der Waals surface area (Å²) in [5, 5.41) is -0.444. The fourth-order valence-electron chi connectivity index (χ4n) is 2.65. The smallest absolute Gasteiger partial charge is 0.408 e. The molecule has 3 aromatic rings. The normalized spacial score (nSPS) is 13.4. The molecule has 0 aliphatic carbocycles. The van der Waals surface area contributed by atoms with E-state index in [1.807, 2.05) is 49.4 Å². The van der Waals surface area contributed by atoms with Gasteiger partial charge in [0.1, 0.15) is 0 Å². The van der Waals surface area contributed by atoms with Crippen molar-refractivity contribution < 1.29 is 12.8 Å². The fraction of sp³-hybridized carbons (Fsp3) is 0.316. The molecule has 0 fully saturated rings. The van der Waals surface area contributed by atoms with E-state index in [2.05, 4.69) is 9.71 Å². The van der Waals surface area contributed by atoms with Gasteiger partial charge in [-0.05, 0) is 48.6 Å². The predicted octanol–water partition coefficient (Wildman–Crippen LogP) is 3.22. The quantitative estimate of drug-likeness (QED) is 0.693. The number of hydrogen-bond acceptors (Lipinski definition) is 4. The summed E-state index contributed by atoms with van der Waals surface area (Å²) in [6.45, 7) is 5.66. The van der Waals surface area contributed by atoms with Gasteiger partial charge in [0.15, 0.2) is 5.58 Å². The second-order valence-electron chi connectivity index (χ2n) is 6.69. The number of rotatable bonds is 6. The molecule has 2 N–H and O–H groups in total. The van der Waals surface area contributed by atoms with Crippen molar-refractivity contribution in [3.8, 4) is 11.1 Å². The van der Waals surface area contributed by atoms with E-state index in [1.54, 1.807) is 13.8 Å². The molecule has 0 bridgehead atoms. The first-order chi connectivity index (χ1) is 12.3. The Kier molecular flexibility index (Phi) is 5.02. The summed E-state index contributed by atoms with van der Waals surface area (Å²) < 4.78 is 31.5. The Morgan fingerprint density at radius 1 is 1.04 bits per heavy atom. The molecular weight excluding hydrogens is 352 g/mol. The zero-order valence-corrected chi connectivity index (χ0v) is 15.8. The highest BCUT2D eigenvalue weighted by molar-refractivity contribution is 7.90. The standard InChI is InChI=1S/C19H22N2O4S/c1-12(2)26(23,24)20-11-13(3)14-4-6-15(7-5-14)16-8-9-17-18(10-16)25-19(22)21-17/h4-10,12-13,20H,11H2,1-3H3,(H,21,22). The van der Waals surface area contributed by atoms with Crippen molar-refractivity contribution in [3.05, 3.63) is 58.6 Å². The first-order valence-electron chi connectivity index (χ1n) is 8.48. The van der Waals surface area contributed by atoms with Gasteiger partial charge in [-0.1, -0.05) is 37.3 Å². The van der Waals surface area contributed by atoms with E-state index >= 15 is 0 Å². The molecule has 0 aliphatic heterocycles. The summed E-state index contributed by atoms with van der Waals surface area (Å²) in [6, 6.07) is 13.5. The van der Waals surface area contributed by atoms with E-state index in [0.29, 0.717) is 17.6 Å². The first kappa shape index (κ1) is 18.4. The number of nitrogens with one attached hydrogen (secondary N) is 2. The predicted molar refractivity (Wildman–Crippen MR) is 103 cm³/mol. The molecule has 0 radical (unpaired) electrons. The molecule has 1 unspecified atom stereocenters. The number of benzene rings is 2. The van der Waals surface area contributed by atoms with Crippen molar-refractivity contribution in [1.29, 1.82) is 0 Å². The molecule has 2 aromatic carbocycles. The Morgan fingerprint density at radius 2 is 1.69 bits per heavy atom. The Bertz CT molecular complexity index is 1060. The van der Waals surface area contributed by atoms with Crippen LogP contribution in [0.1, 0.15) is 32.3 Å². The number of aromatic nitrogens is 1. The second kappa shape index (κ2) is 7.09. The van der Waals surface area contributed by atoms with Crippen LogP contribution in [0.2, 0.25) is 0 Å². The van der Waals surface area contributed by atoms with Gasteiger partial charge in [0, 0.05) is 6.54 Å². The van der Waals surface area contributed by atoms with Gasteiger partial charge in [0.25, 0.3) is 0 Å². The highest BCUT2D eigenvalue weighted by Gasteiger charge is 2.17. The minimum Gasteiger partial charge on any atom is -0.408 e. The van der Waals surface area contributed by atoms with Gasteiger partial charge >= 0.3 is 5.76 Å². The van der Waals surface area contributed by atoms with Crippen molar-refractivity contribution in [1.82, 2.24) is 9.71 Å². The number of aromatic amines is 1. The number of fused-ring (bicyclic) bond motifs is 1. The molecule has 1 heterocycles. The maximum absolute atomic E-state index is 11.9. The fourth-order valence-corrected chi connectivity index (χ4v) is 3.47. The number of oxazole rings is 1. The number of hydrogen-bond donors (Lipinski definition) is 2. The zero-order chi connectivity index (χ0) is 18.9. The highest BCUT2D eigenvalue weighted by Crippen LogP contribution is 2.25. The van der Waals surface area contributed by atoms with E-state index in [0.717, 1.165) is 16.7 Å². The lowest BCUT2D eigenvalue weighted by Gasteiger charge is -2.15. The molecule has 3 rings (SSSR count). The van der Waals surface area contributed by atoms with Crippen molar-refractivity contribution >= 4 is 21.1 Å². The van der Waals surface area contributed by atoms with Gasteiger partial charge in [-0.15, -0.1) is 0 Å². The van der Waals surface area contributed by atoms with Crippen LogP contribution >= 0.6 is 0 Å². The maximum atomic E-state index is 11.9. The van der Waals surface area contributed by atoms with Crippen LogP contribution in [0.3, 0.4) is 0 Å². The summed E-state index contributed by atoms with van der Waals surface area (Å²) in [7, 11) is -3.26. The minimum atomic E-state index is -3.26. The van der Waals surface area contributed by atoms with Gasteiger partial charge in [-0.2, -0.15) is 0 Å². The van der Waals surface area contributed by atoms with Gasteiger partial charge < -0.3 is 4.42 Å². The lowest BCUT2D eigenvalue weighted by molar-refractivity contribution is 0.555. The topological polar surface area (TPSA) is 92.2 Å². The lowest BCUT2D eigenvalue weighted by Crippen LogP contribution is -2.33. The highest BCUT2D eigenvalue weighted by atomic mass is 32.2. The van der Waals surface area contributed by atoms with Crippen molar-refractivity contribution in [3.63, 3.8) is 0 Å². The molecule has 0 aliphatic rings. The van der Waals surface area contributed by atoms with Gasteiger partial charge in [-0.25, -0.2) is 17.9 Å². The monoisotopic (exact) mass is 374 g/mol. The molecule has 0 amide bonds. The maximum Gasteiger partial charge on any atom is 0.417 e. The van der Waals surface area contributed by atoms with Crippen LogP contribution in [0.25, 0.3) is 22.2 Å². The first-order valence-corrected chi connectivity index (χ1v) is 10.0. The molecule has 138 valence electrons. The molecule has 1 aromatic heterocycles. The summed E-state index contributed by atoms with van der Waals surface area (Å²) in [5.41, 5.74) is 4.18. The van der Waals surface area contributed by atoms with Crippen LogP contribution in [0, 0.1) is 0 Å². The van der Waals surface area contributed by atoms with Gasteiger partial charge in [-0.3, -0.25) is 4.98 Å². The van der Waals surface area contributed by atoms with E-state index in [-0.39, 0.29) is 5.92 Å². The largest absolute Gasteiger partial charge is 0.417 e. The van der Waals surface area contributed by atoms with Crippen LogP contribution in [0.5, 0.6) is 0 Å². The lowest BCUT2D eigenvalue weighted by atomic mass is 9.97. The van der Waals surface area contributed by atoms with Crippen LogP contribution < -0.4 is 10.5 Å². The summed E-state index contributed by atoms with van der Waals surface area (Å²) in [4.78, 5) is 13.9. The third kappa shape index (κ3) is 3.89. The summed E-state index contributed by atoms with van der Waals surface area (Å²) in [6.07, 6.45) is 0. The van der Waals surface area contributed by atoms with Crippen molar-refractivity contribution in [2.45, 2.75) is 31.9 Å². The Labute approximate surface area is 152 Å². The molecule has 0 saturated heterocycles. The molecule has 26 heavy (non-hydrogen) atoms. The van der Waals surface area contributed by atoms with E-state index in [9.17, 15) is 13.2 Å². The van der Waals surface area contributed by atoms with Crippen molar-refractivity contribution in [2.24, 2.45) is 0 Å². The Morgan fingerprint density at radius 3 is 2.35 bits per heavy atom. The van der Waals surface area contributed by atoms with Gasteiger partial charge in [0.05, 0.1) is 10.8 Å². The molecular formula is C19H22N2O4S. The summed E-state index contributed by atoms with van der Waals surface area (Å²) in [5.74, 6) is -0.409. The third-order valence-electron chi connectivity index (χ3n) is 4.45. The van der Waals surface area contributed by atoms with Crippen LogP contribution in [-0.4, -0.2) is 25.2 Å². The Balaban J connectivity index is 1.75. The van der Waals surface area contributed by atoms with E-state index in [1.165, 1.54) is 0 Å². The number of H-pyrrole nitrogens is 1. The minimum absolute atomic E-state index is 0.0581. The van der Waals surface area contributed by atoms with Crippen LogP contribution in [0.15, 0.2) is 51.7 Å². The molecule has 0 spiro atoms. The number of sulfonamides is 1. The van der Waals surface area contributed by atoms with Crippen LogP contribution in [0.4, 0.5) is 0 Å². The van der Waals surface area contributed by atoms with Crippen molar-refractivity contribution in [2.75, 3.05) is 6.54 Å². The molecule has 1 atom stereocenters. The van der Waals surface area contributed by atoms with Gasteiger partial charge in [0.2, 0.25) is 10.0 Å². The molecule has 7 heteroatoms. The zero-order valence-electron chi connectivity index (χ0n) is 14.9. The molecule has 6 nitrogen and oxygen atoms in total. The van der Waals surface area contributed by atoms with E-state index < -0.39 is 21.0 Å². The average Bonchev–Trinajstić information content (AvgIpc) is 2.99. The second-order valence-corrected chi connectivity index (χ2v) is 9.01. The Hall–Kier alpha value is -2.38.